The Hall–Kier alpha value is -4.34. The molecule has 0 unspecified atom stereocenters. The molecule has 0 aliphatic carbocycles. The fraction of sp³-hybridized carbons (Fsp3) is 0.250. The van der Waals surface area contributed by atoms with Crippen LogP contribution in [0.15, 0.2) is 73.1 Å². The Bertz CT molecular complexity index is 1270. The van der Waals surface area contributed by atoms with Gasteiger partial charge in [0, 0.05) is 19.0 Å². The summed E-state index contributed by atoms with van der Waals surface area (Å²) in [5.74, 6) is -0.671. The highest BCUT2D eigenvalue weighted by Crippen LogP contribution is 2.19. The Morgan fingerprint density at radius 2 is 1.44 bits per heavy atom. The van der Waals surface area contributed by atoms with Gasteiger partial charge in [0.1, 0.15) is 0 Å². The van der Waals surface area contributed by atoms with Gasteiger partial charge in [-0.25, -0.2) is 14.2 Å². The van der Waals surface area contributed by atoms with Crippen molar-refractivity contribution < 1.29 is 14.3 Å². The van der Waals surface area contributed by atoms with Crippen LogP contribution in [0.25, 0.3) is 11.4 Å². The minimum Gasteiger partial charge on any atom is -0.461 e. The third-order valence-electron chi connectivity index (χ3n) is 5.71. The highest BCUT2D eigenvalue weighted by atomic mass is 16.5. The molecule has 0 N–H and O–H groups in total. The smallest absolute Gasteiger partial charge is 0.360 e. The number of carbonyl (C=O) groups is 2. The van der Waals surface area contributed by atoms with Crippen LogP contribution in [0.3, 0.4) is 0 Å². The summed E-state index contributed by atoms with van der Waals surface area (Å²) in [6, 6.07) is 18.9. The molecule has 3 heterocycles. The summed E-state index contributed by atoms with van der Waals surface area (Å²) < 4.78 is 8.60. The number of rotatable bonds is 6. The molecular formula is C24H23N7O3. The van der Waals surface area contributed by atoms with Crippen molar-refractivity contribution in [3.05, 3.63) is 84.4 Å². The second-order valence-electron chi connectivity index (χ2n) is 8.13. The van der Waals surface area contributed by atoms with Gasteiger partial charge in [0.15, 0.2) is 11.4 Å². The number of piperidine rings is 1. The minimum absolute atomic E-state index is 0.0370. The lowest BCUT2D eigenvalue weighted by Crippen LogP contribution is -2.41. The maximum absolute atomic E-state index is 13.0. The second-order valence-corrected chi connectivity index (χ2v) is 8.13. The highest BCUT2D eigenvalue weighted by Gasteiger charge is 2.27. The van der Waals surface area contributed by atoms with Crippen molar-refractivity contribution in [3.63, 3.8) is 0 Å². The average Bonchev–Trinajstić information content (AvgIpc) is 3.59. The molecule has 1 aliphatic heterocycles. The average molecular weight is 457 g/mol. The molecule has 2 aromatic carbocycles. The van der Waals surface area contributed by atoms with Gasteiger partial charge < -0.3 is 9.64 Å². The van der Waals surface area contributed by atoms with Gasteiger partial charge >= 0.3 is 5.97 Å². The molecule has 0 spiro atoms. The molecule has 172 valence electrons. The van der Waals surface area contributed by atoms with Crippen molar-refractivity contribution in [2.24, 2.45) is 5.92 Å². The maximum Gasteiger partial charge on any atom is 0.360 e. The van der Waals surface area contributed by atoms with Crippen LogP contribution in [0.5, 0.6) is 0 Å². The molecule has 10 nitrogen and oxygen atoms in total. The number of likely N-dealkylation sites (tertiary alicyclic amines) is 1. The lowest BCUT2D eigenvalue weighted by molar-refractivity contribution is 0.0335. The van der Waals surface area contributed by atoms with Crippen molar-refractivity contribution in [2.75, 3.05) is 19.7 Å². The van der Waals surface area contributed by atoms with Gasteiger partial charge in [0.25, 0.3) is 5.91 Å². The van der Waals surface area contributed by atoms with Crippen molar-refractivity contribution in [1.82, 2.24) is 34.9 Å². The minimum atomic E-state index is -0.531. The summed E-state index contributed by atoms with van der Waals surface area (Å²) in [5.41, 5.74) is 2.07. The van der Waals surface area contributed by atoms with Crippen molar-refractivity contribution in [2.45, 2.75) is 12.8 Å². The molecule has 0 radical (unpaired) electrons. The number of amides is 1. The molecule has 0 saturated carbocycles. The van der Waals surface area contributed by atoms with Crippen LogP contribution in [0, 0.1) is 5.92 Å². The Labute approximate surface area is 195 Å². The topological polar surface area (TPSA) is 108 Å². The number of nitrogens with zero attached hydrogens (tertiary/aromatic N) is 7. The standard InChI is InChI=1S/C24H23N7O3/c32-23(21-15-30(27-25-21)19-9-3-1-4-10-19)29-13-7-8-18(14-29)17-34-24(33)22-16-31(28-26-22)20-11-5-2-6-12-20/h1-6,9-12,15-16,18H,7-8,13-14,17H2/t18-/m1/s1. The van der Waals surface area contributed by atoms with E-state index in [-0.39, 0.29) is 24.1 Å². The van der Waals surface area contributed by atoms with Gasteiger partial charge in [-0.1, -0.05) is 46.8 Å². The number of hydrogen-bond donors (Lipinski definition) is 0. The zero-order chi connectivity index (χ0) is 23.3. The first-order valence-corrected chi connectivity index (χ1v) is 11.1. The summed E-state index contributed by atoms with van der Waals surface area (Å²) >= 11 is 0. The van der Waals surface area contributed by atoms with E-state index in [0.717, 1.165) is 24.2 Å². The molecule has 34 heavy (non-hydrogen) atoms. The van der Waals surface area contributed by atoms with Crippen LogP contribution in [-0.2, 0) is 4.74 Å². The molecular weight excluding hydrogens is 434 g/mol. The van der Waals surface area contributed by atoms with Crippen LogP contribution in [0.1, 0.15) is 33.8 Å². The molecule has 1 atom stereocenters. The summed E-state index contributed by atoms with van der Waals surface area (Å²) in [6.45, 7) is 1.32. The van der Waals surface area contributed by atoms with Gasteiger partial charge in [-0.05, 0) is 37.1 Å². The lowest BCUT2D eigenvalue weighted by Gasteiger charge is -2.31. The normalized spacial score (nSPS) is 15.8. The van der Waals surface area contributed by atoms with E-state index in [1.807, 2.05) is 60.7 Å². The van der Waals surface area contributed by atoms with E-state index in [1.165, 1.54) is 4.68 Å². The van der Waals surface area contributed by atoms with Gasteiger partial charge in [-0.2, -0.15) is 0 Å². The summed E-state index contributed by atoms with van der Waals surface area (Å²) in [5, 5.41) is 16.0. The van der Waals surface area contributed by atoms with Gasteiger partial charge in [-0.15, -0.1) is 10.2 Å². The third-order valence-corrected chi connectivity index (χ3v) is 5.71. The van der Waals surface area contributed by atoms with Crippen molar-refractivity contribution in [1.29, 1.82) is 0 Å². The van der Waals surface area contributed by atoms with Crippen LogP contribution < -0.4 is 0 Å². The van der Waals surface area contributed by atoms with Gasteiger partial charge in [0.2, 0.25) is 0 Å². The monoisotopic (exact) mass is 457 g/mol. The largest absolute Gasteiger partial charge is 0.461 e. The molecule has 5 rings (SSSR count). The fourth-order valence-electron chi connectivity index (χ4n) is 3.95. The van der Waals surface area contributed by atoms with Crippen LogP contribution >= 0.6 is 0 Å². The molecule has 10 heteroatoms. The van der Waals surface area contributed by atoms with Gasteiger partial charge in [-0.3, -0.25) is 4.79 Å². The number of aromatic nitrogens is 6. The van der Waals surface area contributed by atoms with E-state index in [2.05, 4.69) is 20.6 Å². The van der Waals surface area contributed by atoms with E-state index < -0.39 is 5.97 Å². The highest BCUT2D eigenvalue weighted by molar-refractivity contribution is 5.92. The number of benzene rings is 2. The zero-order valence-electron chi connectivity index (χ0n) is 18.4. The maximum atomic E-state index is 13.0. The number of esters is 1. The van der Waals surface area contributed by atoms with E-state index in [0.29, 0.717) is 18.8 Å². The van der Waals surface area contributed by atoms with Crippen LogP contribution in [-0.4, -0.2) is 66.5 Å². The Morgan fingerprint density at radius 3 is 2.09 bits per heavy atom. The molecule has 1 amide bonds. The summed E-state index contributed by atoms with van der Waals surface area (Å²) in [4.78, 5) is 27.2. The van der Waals surface area contributed by atoms with Gasteiger partial charge in [0.05, 0.1) is 30.4 Å². The fourth-order valence-corrected chi connectivity index (χ4v) is 3.95. The Balaban J connectivity index is 1.17. The molecule has 1 aliphatic rings. The lowest BCUT2D eigenvalue weighted by atomic mass is 9.99. The number of ether oxygens (including phenoxy) is 1. The SMILES string of the molecule is O=C(OC[C@@H]1CCCN(C(=O)c2cn(-c3ccccc3)nn2)C1)c1cn(-c2ccccc2)nn1. The first-order chi connectivity index (χ1) is 16.7. The van der Waals surface area contributed by atoms with E-state index in [9.17, 15) is 9.59 Å². The Morgan fingerprint density at radius 1 is 0.853 bits per heavy atom. The van der Waals surface area contributed by atoms with Crippen molar-refractivity contribution in [3.8, 4) is 11.4 Å². The second kappa shape index (κ2) is 9.65. The predicted octanol–water partition coefficient (Wildman–Crippen LogP) is 2.56. The molecule has 2 aromatic heterocycles. The Kier molecular flexibility index (Phi) is 6.11. The molecule has 1 saturated heterocycles. The van der Waals surface area contributed by atoms with E-state index >= 15 is 0 Å². The summed E-state index contributed by atoms with van der Waals surface area (Å²) in [6.07, 6.45) is 4.87. The zero-order valence-corrected chi connectivity index (χ0v) is 18.4. The number of para-hydroxylation sites is 2. The quantitative estimate of drug-likeness (QED) is 0.410. The van der Waals surface area contributed by atoms with E-state index in [1.54, 1.807) is 22.0 Å². The third kappa shape index (κ3) is 4.70. The van der Waals surface area contributed by atoms with Crippen molar-refractivity contribution >= 4 is 11.9 Å². The van der Waals surface area contributed by atoms with E-state index in [4.69, 9.17) is 4.74 Å². The first kappa shape index (κ1) is 21.5. The van der Waals surface area contributed by atoms with Crippen LogP contribution in [0.2, 0.25) is 0 Å². The predicted molar refractivity (Wildman–Crippen MR) is 122 cm³/mol. The molecule has 4 aromatic rings. The molecule has 0 bridgehead atoms. The number of hydrogen-bond acceptors (Lipinski definition) is 7. The molecule has 1 fully saturated rings. The number of carbonyl (C=O) groups excluding carboxylic acids is 2. The summed E-state index contributed by atoms with van der Waals surface area (Å²) in [7, 11) is 0. The van der Waals surface area contributed by atoms with Crippen LogP contribution in [0.4, 0.5) is 0 Å². The first-order valence-electron chi connectivity index (χ1n) is 11.1.